The van der Waals surface area contributed by atoms with Gasteiger partial charge in [-0.05, 0) is 133 Å². The Balaban J connectivity index is 0.902. The van der Waals surface area contributed by atoms with Crippen LogP contribution in [0.5, 0.6) is 0 Å². The maximum atomic E-state index is 2.41. The van der Waals surface area contributed by atoms with Crippen LogP contribution in [0.2, 0.25) is 0 Å². The summed E-state index contributed by atoms with van der Waals surface area (Å²) in [6.07, 6.45) is 0. The van der Waals surface area contributed by atoms with Crippen molar-refractivity contribution >= 4 is 38.9 Å². The summed E-state index contributed by atoms with van der Waals surface area (Å²) in [5.74, 6) is 0. The highest BCUT2D eigenvalue weighted by Crippen LogP contribution is 2.57. The van der Waals surface area contributed by atoms with Gasteiger partial charge in [0.15, 0.2) is 0 Å². The minimum atomic E-state index is -0.454. The largest absolute Gasteiger partial charge is 0.310 e. The van der Waals surface area contributed by atoms with Crippen LogP contribution in [0.1, 0.15) is 22.3 Å². The van der Waals surface area contributed by atoms with Crippen LogP contribution in [0, 0.1) is 0 Å². The van der Waals surface area contributed by atoms with Crippen LogP contribution in [0.15, 0.2) is 279 Å². The first kappa shape index (κ1) is 40.3. The number of nitrogens with zero attached hydrogens (tertiary/aromatic N) is 2. The summed E-state index contributed by atoms with van der Waals surface area (Å²) >= 11 is 0. The quantitative estimate of drug-likeness (QED) is 0.140. The molecule has 0 amide bonds. The molecule has 11 aromatic carbocycles. The lowest BCUT2D eigenvalue weighted by molar-refractivity contribution is 0.768. The molecule has 0 fully saturated rings. The fourth-order valence-corrected chi connectivity index (χ4v) is 11.2. The molecule has 2 heteroatoms. The molecule has 69 heavy (non-hydrogen) atoms. The molecule has 0 aliphatic heterocycles. The average molecular weight is 879 g/mol. The molecule has 13 rings (SSSR count). The molecule has 0 unspecified atom stereocenters. The van der Waals surface area contributed by atoms with Crippen LogP contribution in [0.25, 0.3) is 72.0 Å². The molecular weight excluding hydrogens is 833 g/mol. The molecule has 0 atom stereocenters. The summed E-state index contributed by atoms with van der Waals surface area (Å²) in [4.78, 5) is 2.40. The second kappa shape index (κ2) is 16.7. The lowest BCUT2D eigenvalue weighted by Gasteiger charge is -2.34. The zero-order valence-corrected chi connectivity index (χ0v) is 38.0. The molecule has 0 bridgehead atoms. The summed E-state index contributed by atoms with van der Waals surface area (Å²) < 4.78 is 2.41. The predicted octanol–water partition coefficient (Wildman–Crippen LogP) is 17.6. The van der Waals surface area contributed by atoms with Gasteiger partial charge in [-0.2, -0.15) is 0 Å². The summed E-state index contributed by atoms with van der Waals surface area (Å²) in [5.41, 5.74) is 21.1. The Morgan fingerprint density at radius 1 is 0.275 bits per heavy atom. The minimum Gasteiger partial charge on any atom is -0.310 e. The topological polar surface area (TPSA) is 8.17 Å². The van der Waals surface area contributed by atoms with Gasteiger partial charge in [-0.3, -0.25) is 0 Å². The van der Waals surface area contributed by atoms with Gasteiger partial charge < -0.3 is 9.47 Å². The van der Waals surface area contributed by atoms with Crippen LogP contribution in [-0.4, -0.2) is 4.57 Å². The third-order valence-electron chi connectivity index (χ3n) is 14.3. The number of fused-ring (bicyclic) bond motifs is 6. The van der Waals surface area contributed by atoms with Crippen molar-refractivity contribution in [2.75, 3.05) is 4.90 Å². The maximum absolute atomic E-state index is 2.41. The first-order chi connectivity index (χ1) is 34.2. The summed E-state index contributed by atoms with van der Waals surface area (Å²) in [6, 6.07) is 102. The van der Waals surface area contributed by atoms with Gasteiger partial charge in [0.1, 0.15) is 0 Å². The highest BCUT2D eigenvalue weighted by molar-refractivity contribution is 6.10. The van der Waals surface area contributed by atoms with E-state index in [1.54, 1.807) is 0 Å². The van der Waals surface area contributed by atoms with Crippen molar-refractivity contribution in [3.05, 3.63) is 301 Å². The number of para-hydroxylation sites is 2. The van der Waals surface area contributed by atoms with Crippen LogP contribution >= 0.6 is 0 Å². The maximum Gasteiger partial charge on any atom is 0.0713 e. The van der Waals surface area contributed by atoms with E-state index in [2.05, 4.69) is 289 Å². The van der Waals surface area contributed by atoms with Crippen LogP contribution < -0.4 is 4.90 Å². The molecule has 1 aromatic heterocycles. The van der Waals surface area contributed by atoms with E-state index in [9.17, 15) is 0 Å². The monoisotopic (exact) mass is 878 g/mol. The first-order valence-corrected chi connectivity index (χ1v) is 23.8. The van der Waals surface area contributed by atoms with Gasteiger partial charge >= 0.3 is 0 Å². The van der Waals surface area contributed by atoms with Crippen molar-refractivity contribution < 1.29 is 0 Å². The van der Waals surface area contributed by atoms with Gasteiger partial charge in [-0.25, -0.2) is 0 Å². The van der Waals surface area contributed by atoms with Gasteiger partial charge in [0.05, 0.1) is 16.4 Å². The van der Waals surface area contributed by atoms with E-state index in [4.69, 9.17) is 0 Å². The molecule has 0 N–H and O–H groups in total. The zero-order chi connectivity index (χ0) is 45.7. The van der Waals surface area contributed by atoms with E-state index < -0.39 is 5.41 Å². The molecule has 324 valence electrons. The lowest BCUT2D eigenvalue weighted by Crippen LogP contribution is -2.28. The van der Waals surface area contributed by atoms with Gasteiger partial charge in [-0.15, -0.1) is 0 Å². The second-order valence-electron chi connectivity index (χ2n) is 18.1. The van der Waals surface area contributed by atoms with Crippen molar-refractivity contribution in [3.8, 4) is 50.2 Å². The van der Waals surface area contributed by atoms with Gasteiger partial charge in [0.25, 0.3) is 0 Å². The van der Waals surface area contributed by atoms with Crippen molar-refractivity contribution in [2.24, 2.45) is 0 Å². The SMILES string of the molecule is c1ccc(-c2ccc(-n3c4ccccc4c4ccc(-c5cccc(-c6cccc(N(c7ccccc7)c7ccc8c(c7)-c7ccccc7C8(c7ccccc7)c7ccccc7)c6)c5)cc43)cc2)cc1. The molecular formula is C67H46N2. The zero-order valence-electron chi connectivity index (χ0n) is 38.0. The first-order valence-electron chi connectivity index (χ1n) is 23.8. The van der Waals surface area contributed by atoms with E-state index in [0.717, 1.165) is 33.9 Å². The number of hydrogen-bond acceptors (Lipinski definition) is 1. The highest BCUT2D eigenvalue weighted by atomic mass is 15.1. The van der Waals surface area contributed by atoms with Crippen LogP contribution in [0.3, 0.4) is 0 Å². The Hall–Kier alpha value is -8.98. The highest BCUT2D eigenvalue weighted by Gasteiger charge is 2.46. The van der Waals surface area contributed by atoms with Gasteiger partial charge in [0.2, 0.25) is 0 Å². The van der Waals surface area contributed by atoms with E-state index in [1.165, 1.54) is 77.4 Å². The third-order valence-corrected chi connectivity index (χ3v) is 14.3. The van der Waals surface area contributed by atoms with Crippen molar-refractivity contribution in [3.63, 3.8) is 0 Å². The molecule has 0 spiro atoms. The summed E-state index contributed by atoms with van der Waals surface area (Å²) in [7, 11) is 0. The van der Waals surface area contributed by atoms with E-state index in [0.29, 0.717) is 0 Å². The lowest BCUT2D eigenvalue weighted by atomic mass is 9.68. The van der Waals surface area contributed by atoms with Gasteiger partial charge in [0, 0.05) is 33.5 Å². The molecule has 1 heterocycles. The molecule has 0 saturated carbocycles. The molecule has 0 saturated heterocycles. The molecule has 1 aliphatic carbocycles. The number of hydrogen-bond donors (Lipinski definition) is 0. The van der Waals surface area contributed by atoms with Crippen molar-refractivity contribution in [1.82, 2.24) is 4.57 Å². The summed E-state index contributed by atoms with van der Waals surface area (Å²) in [5, 5.41) is 2.49. The smallest absolute Gasteiger partial charge is 0.0713 e. The number of benzene rings is 11. The van der Waals surface area contributed by atoms with E-state index in [1.807, 2.05) is 0 Å². The standard InChI is InChI=1S/C67H46N2/c1-5-19-47(20-6-1)48-35-38-56(39-36-48)69-65-34-16-14-32-60(65)61-41-37-52(45-66(61)69)50-22-17-21-49(43-50)51-23-18-30-57(44-51)68(55-28-11-4-12-29-55)58-40-42-64-62(46-58)59-31-13-15-33-63(59)67(64,53-24-7-2-8-25-53)54-26-9-3-10-27-54/h1-46H. The van der Waals surface area contributed by atoms with Gasteiger partial charge in [-0.1, -0.05) is 212 Å². The molecule has 0 radical (unpaired) electrons. The third kappa shape index (κ3) is 6.72. The van der Waals surface area contributed by atoms with E-state index >= 15 is 0 Å². The normalized spacial score (nSPS) is 12.5. The van der Waals surface area contributed by atoms with Crippen LogP contribution in [-0.2, 0) is 5.41 Å². The molecule has 1 aliphatic rings. The average Bonchev–Trinajstić information content (AvgIpc) is 3.92. The minimum absolute atomic E-state index is 0.454. The fourth-order valence-electron chi connectivity index (χ4n) is 11.2. The molecule has 2 nitrogen and oxygen atoms in total. The van der Waals surface area contributed by atoms with Crippen molar-refractivity contribution in [1.29, 1.82) is 0 Å². The Labute approximate surface area is 403 Å². The Kier molecular flexibility index (Phi) is 9.77. The Morgan fingerprint density at radius 3 is 1.49 bits per heavy atom. The van der Waals surface area contributed by atoms with Crippen LogP contribution in [0.4, 0.5) is 17.1 Å². The Morgan fingerprint density at radius 2 is 0.768 bits per heavy atom. The number of rotatable bonds is 9. The second-order valence-corrected chi connectivity index (χ2v) is 18.1. The molecule has 12 aromatic rings. The number of aromatic nitrogens is 1. The predicted molar refractivity (Wildman–Crippen MR) is 289 cm³/mol. The van der Waals surface area contributed by atoms with Crippen molar-refractivity contribution in [2.45, 2.75) is 5.41 Å². The Bertz CT molecular complexity index is 3780. The van der Waals surface area contributed by atoms with E-state index in [-0.39, 0.29) is 0 Å². The fraction of sp³-hybridized carbons (Fsp3) is 0.0149. The summed E-state index contributed by atoms with van der Waals surface area (Å²) in [6.45, 7) is 0. The number of anilines is 3.